The number of carbonyl (C=O) groups excluding carboxylic acids is 2. The van der Waals surface area contributed by atoms with Crippen molar-refractivity contribution in [2.45, 2.75) is 45.8 Å². The number of carbonyl (C=O) groups is 2. The summed E-state index contributed by atoms with van der Waals surface area (Å²) in [4.78, 5) is 28.7. The Kier molecular flexibility index (Phi) is 5.64. The minimum absolute atomic E-state index is 0.101. The Balaban J connectivity index is 1.64. The number of aryl methyl sites for hydroxylation is 2. The lowest BCUT2D eigenvalue weighted by Crippen LogP contribution is -2.62. The third-order valence-corrected chi connectivity index (χ3v) is 6.11. The topological polar surface area (TPSA) is 49.4 Å². The molecule has 0 aliphatic carbocycles. The van der Waals surface area contributed by atoms with Crippen LogP contribution in [0, 0.1) is 13.8 Å². The summed E-state index contributed by atoms with van der Waals surface area (Å²) in [7, 11) is 0. The Labute approximate surface area is 183 Å². The molecule has 0 bridgehead atoms. The molecule has 4 heteroatoms. The van der Waals surface area contributed by atoms with E-state index in [0.717, 1.165) is 22.3 Å². The molecule has 0 radical (unpaired) electrons. The second-order valence-corrected chi connectivity index (χ2v) is 8.66. The van der Waals surface area contributed by atoms with Crippen molar-refractivity contribution in [1.82, 2.24) is 10.2 Å². The van der Waals surface area contributed by atoms with Crippen LogP contribution in [0.3, 0.4) is 0 Å². The van der Waals surface area contributed by atoms with Crippen LogP contribution in [0.25, 0.3) is 0 Å². The molecule has 4 rings (SSSR count). The second-order valence-electron chi connectivity index (χ2n) is 8.66. The van der Waals surface area contributed by atoms with Gasteiger partial charge in [-0.1, -0.05) is 77.9 Å². The van der Waals surface area contributed by atoms with Crippen molar-refractivity contribution in [3.8, 4) is 0 Å². The molecule has 31 heavy (non-hydrogen) atoms. The van der Waals surface area contributed by atoms with Crippen LogP contribution in [0.1, 0.15) is 45.1 Å². The molecule has 0 spiro atoms. The van der Waals surface area contributed by atoms with Gasteiger partial charge in [0.25, 0.3) is 5.91 Å². The summed E-state index contributed by atoms with van der Waals surface area (Å²) in [5.41, 5.74) is 4.99. The van der Waals surface area contributed by atoms with E-state index in [-0.39, 0.29) is 11.8 Å². The molecular formula is C27H28N2O2. The number of nitrogens with zero attached hydrogens (tertiary/aromatic N) is 1. The lowest BCUT2D eigenvalue weighted by molar-refractivity contribution is -0.132. The van der Waals surface area contributed by atoms with Crippen molar-refractivity contribution in [2.75, 3.05) is 0 Å². The number of benzene rings is 3. The molecule has 0 aromatic heterocycles. The van der Waals surface area contributed by atoms with E-state index in [4.69, 9.17) is 0 Å². The van der Waals surface area contributed by atoms with E-state index in [9.17, 15) is 9.59 Å². The average molecular weight is 413 g/mol. The quantitative estimate of drug-likeness (QED) is 0.667. The Morgan fingerprint density at radius 1 is 0.935 bits per heavy atom. The summed E-state index contributed by atoms with van der Waals surface area (Å²) >= 11 is 0. The second kappa shape index (κ2) is 8.38. The van der Waals surface area contributed by atoms with Gasteiger partial charge in [-0.05, 0) is 43.5 Å². The predicted octanol–water partition coefficient (Wildman–Crippen LogP) is 4.58. The van der Waals surface area contributed by atoms with E-state index in [1.165, 1.54) is 5.56 Å². The third kappa shape index (κ3) is 4.24. The van der Waals surface area contributed by atoms with Crippen LogP contribution in [0.2, 0.25) is 0 Å². The molecule has 1 N–H and O–H groups in total. The highest BCUT2D eigenvalue weighted by atomic mass is 16.2. The van der Waals surface area contributed by atoms with Gasteiger partial charge in [-0.3, -0.25) is 9.59 Å². The van der Waals surface area contributed by atoms with Crippen molar-refractivity contribution in [3.05, 3.63) is 106 Å². The Bertz CT molecular complexity index is 1120. The van der Waals surface area contributed by atoms with E-state index in [0.29, 0.717) is 25.1 Å². The van der Waals surface area contributed by atoms with E-state index in [1.807, 2.05) is 87.5 Å². The molecule has 0 saturated carbocycles. The van der Waals surface area contributed by atoms with Crippen LogP contribution in [-0.2, 0) is 24.3 Å². The molecule has 158 valence electrons. The minimum Gasteiger partial charge on any atom is -0.350 e. The van der Waals surface area contributed by atoms with Gasteiger partial charge in [0.15, 0.2) is 0 Å². The first-order valence-corrected chi connectivity index (χ1v) is 10.7. The molecule has 0 saturated heterocycles. The molecule has 1 atom stereocenters. The molecular weight excluding hydrogens is 384 g/mol. The summed E-state index contributed by atoms with van der Waals surface area (Å²) < 4.78 is 0. The van der Waals surface area contributed by atoms with E-state index in [2.05, 4.69) is 11.4 Å². The van der Waals surface area contributed by atoms with Crippen LogP contribution in [0.5, 0.6) is 0 Å². The predicted molar refractivity (Wildman–Crippen MR) is 123 cm³/mol. The van der Waals surface area contributed by atoms with Gasteiger partial charge in [-0.25, -0.2) is 0 Å². The summed E-state index contributed by atoms with van der Waals surface area (Å²) in [6.45, 7) is 6.77. The molecule has 1 aliphatic heterocycles. The highest BCUT2D eigenvalue weighted by Gasteiger charge is 2.46. The first-order chi connectivity index (χ1) is 14.9. The fraction of sp³-hybridized carbons (Fsp3) is 0.259. The fourth-order valence-corrected chi connectivity index (χ4v) is 4.24. The molecule has 3 aromatic rings. The average Bonchev–Trinajstić information content (AvgIpc) is 2.76. The zero-order chi connectivity index (χ0) is 22.0. The van der Waals surface area contributed by atoms with Gasteiger partial charge in [-0.2, -0.15) is 0 Å². The zero-order valence-corrected chi connectivity index (χ0v) is 18.3. The highest BCUT2D eigenvalue weighted by molar-refractivity contribution is 6.02. The number of hydrogen-bond acceptors (Lipinski definition) is 2. The lowest BCUT2D eigenvalue weighted by Gasteiger charge is -2.44. The first kappa shape index (κ1) is 20.9. The molecule has 3 aromatic carbocycles. The monoisotopic (exact) mass is 412 g/mol. The maximum absolute atomic E-state index is 13.5. The van der Waals surface area contributed by atoms with Crippen molar-refractivity contribution >= 4 is 11.8 Å². The van der Waals surface area contributed by atoms with E-state index in [1.54, 1.807) is 4.90 Å². The van der Waals surface area contributed by atoms with E-state index < -0.39 is 5.54 Å². The van der Waals surface area contributed by atoms with Crippen LogP contribution in [-0.4, -0.2) is 22.3 Å². The molecule has 1 heterocycles. The maximum atomic E-state index is 13.5. The lowest BCUT2D eigenvalue weighted by atomic mass is 9.82. The van der Waals surface area contributed by atoms with Gasteiger partial charge in [0.1, 0.15) is 5.54 Å². The molecule has 4 nitrogen and oxygen atoms in total. The normalized spacial score (nSPS) is 17.9. The third-order valence-electron chi connectivity index (χ3n) is 6.11. The number of amides is 2. The molecule has 0 unspecified atom stereocenters. The number of hydrogen-bond donors (Lipinski definition) is 1. The molecule has 1 aliphatic rings. The summed E-state index contributed by atoms with van der Waals surface area (Å²) in [6.07, 6.45) is 0.487. The van der Waals surface area contributed by atoms with Crippen molar-refractivity contribution in [2.24, 2.45) is 0 Å². The fourth-order valence-electron chi connectivity index (χ4n) is 4.24. The number of fused-ring (bicyclic) bond motifs is 1. The summed E-state index contributed by atoms with van der Waals surface area (Å²) in [6, 6.07) is 23.8. The Morgan fingerprint density at radius 2 is 1.68 bits per heavy atom. The van der Waals surface area contributed by atoms with Gasteiger partial charge in [0, 0.05) is 25.1 Å². The Morgan fingerprint density at radius 3 is 2.42 bits per heavy atom. The Hall–Kier alpha value is -3.40. The van der Waals surface area contributed by atoms with Crippen molar-refractivity contribution in [1.29, 1.82) is 0 Å². The molecule has 0 fully saturated rings. The van der Waals surface area contributed by atoms with Gasteiger partial charge in [0.05, 0.1) is 0 Å². The van der Waals surface area contributed by atoms with Crippen LogP contribution in [0.15, 0.2) is 72.8 Å². The van der Waals surface area contributed by atoms with Crippen LogP contribution < -0.4 is 5.32 Å². The SMILES string of the molecule is Cc1ccc(CNC(=O)[C@@]2(C)Cc3ccccc3C(=O)N2Cc2cccc(C)c2)cc1. The van der Waals surface area contributed by atoms with Gasteiger partial charge >= 0.3 is 0 Å². The standard InChI is InChI=1S/C27H28N2O2/c1-19-11-13-21(14-12-19)17-28-26(31)27(3)16-23-9-4-5-10-24(23)25(30)29(27)18-22-8-6-7-20(2)15-22/h4-15H,16-18H2,1-3H3,(H,28,31)/t27-/m1/s1. The number of rotatable bonds is 5. The van der Waals surface area contributed by atoms with Gasteiger partial charge < -0.3 is 10.2 Å². The zero-order valence-electron chi connectivity index (χ0n) is 18.3. The first-order valence-electron chi connectivity index (χ1n) is 10.7. The highest BCUT2D eigenvalue weighted by Crippen LogP contribution is 2.33. The van der Waals surface area contributed by atoms with Gasteiger partial charge in [-0.15, -0.1) is 0 Å². The minimum atomic E-state index is -0.972. The van der Waals surface area contributed by atoms with Crippen LogP contribution in [0.4, 0.5) is 0 Å². The van der Waals surface area contributed by atoms with Crippen molar-refractivity contribution < 1.29 is 9.59 Å². The number of nitrogens with one attached hydrogen (secondary N) is 1. The summed E-state index contributed by atoms with van der Waals surface area (Å²) in [5, 5.41) is 3.07. The smallest absolute Gasteiger partial charge is 0.255 e. The van der Waals surface area contributed by atoms with Gasteiger partial charge in [0.2, 0.25) is 5.91 Å². The maximum Gasteiger partial charge on any atom is 0.255 e. The largest absolute Gasteiger partial charge is 0.350 e. The van der Waals surface area contributed by atoms with Crippen LogP contribution >= 0.6 is 0 Å². The van der Waals surface area contributed by atoms with Crippen molar-refractivity contribution in [3.63, 3.8) is 0 Å². The summed E-state index contributed by atoms with van der Waals surface area (Å²) in [5.74, 6) is -0.236. The van der Waals surface area contributed by atoms with E-state index >= 15 is 0 Å². The molecule has 2 amide bonds.